The van der Waals surface area contributed by atoms with Gasteiger partial charge in [0.1, 0.15) is 0 Å². The number of hydrogen-bond donors (Lipinski definition) is 1. The van der Waals surface area contributed by atoms with E-state index in [1.165, 1.54) is 0 Å². The van der Waals surface area contributed by atoms with Crippen LogP contribution in [0, 0.1) is 11.3 Å². The third-order valence-electron chi connectivity index (χ3n) is 2.16. The van der Waals surface area contributed by atoms with E-state index in [2.05, 4.69) is 6.92 Å². The highest BCUT2D eigenvalue weighted by Gasteiger charge is 2.05. The largest absolute Gasteiger partial charge is 0.490 e. The van der Waals surface area contributed by atoms with Gasteiger partial charge in [-0.3, -0.25) is 0 Å². The molecule has 0 bridgehead atoms. The van der Waals surface area contributed by atoms with Crippen molar-refractivity contribution in [1.29, 1.82) is 5.26 Å². The molecule has 0 radical (unpaired) electrons. The van der Waals surface area contributed by atoms with Gasteiger partial charge < -0.3 is 15.2 Å². The molecule has 1 aromatic rings. The molecule has 4 heteroatoms. The first-order valence-corrected chi connectivity index (χ1v) is 5.77. The summed E-state index contributed by atoms with van der Waals surface area (Å²) >= 11 is 0. The molecule has 0 saturated heterocycles. The zero-order valence-electron chi connectivity index (χ0n) is 10.1. The summed E-state index contributed by atoms with van der Waals surface area (Å²) in [5, 5.41) is 8.55. The summed E-state index contributed by atoms with van der Waals surface area (Å²) in [5.74, 6) is 1.44. The van der Waals surface area contributed by atoms with Gasteiger partial charge >= 0.3 is 0 Å². The lowest BCUT2D eigenvalue weighted by Gasteiger charge is -2.12. The van der Waals surface area contributed by atoms with Crippen molar-refractivity contribution in [1.82, 2.24) is 0 Å². The quantitative estimate of drug-likeness (QED) is 0.784. The SMILES string of the molecule is CCCOc1ccccc1OCCC(N)C#N. The molecular formula is C13H18N2O2. The van der Waals surface area contributed by atoms with Crippen LogP contribution in [-0.4, -0.2) is 19.3 Å². The molecule has 0 fully saturated rings. The predicted octanol–water partition coefficient (Wildman–Crippen LogP) is 2.10. The van der Waals surface area contributed by atoms with Gasteiger partial charge in [0.05, 0.1) is 25.3 Å². The second kappa shape index (κ2) is 7.53. The molecule has 2 N–H and O–H groups in total. The van der Waals surface area contributed by atoms with E-state index < -0.39 is 6.04 Å². The normalized spacial score (nSPS) is 11.6. The molecule has 17 heavy (non-hydrogen) atoms. The van der Waals surface area contributed by atoms with E-state index >= 15 is 0 Å². The van der Waals surface area contributed by atoms with Gasteiger partial charge in [0.2, 0.25) is 0 Å². The second-order valence-corrected chi connectivity index (χ2v) is 3.67. The summed E-state index contributed by atoms with van der Waals surface area (Å²) in [4.78, 5) is 0. The molecular weight excluding hydrogens is 216 g/mol. The average Bonchev–Trinajstić information content (AvgIpc) is 2.37. The molecule has 0 amide bonds. The van der Waals surface area contributed by atoms with Gasteiger partial charge in [0, 0.05) is 6.42 Å². The van der Waals surface area contributed by atoms with Crippen LogP contribution >= 0.6 is 0 Å². The number of ether oxygens (including phenoxy) is 2. The molecule has 92 valence electrons. The third-order valence-corrected chi connectivity index (χ3v) is 2.16. The van der Waals surface area contributed by atoms with Crippen LogP contribution in [0.15, 0.2) is 24.3 Å². The lowest BCUT2D eigenvalue weighted by Crippen LogP contribution is -2.20. The highest BCUT2D eigenvalue weighted by Crippen LogP contribution is 2.26. The molecule has 0 aliphatic carbocycles. The van der Waals surface area contributed by atoms with Crippen LogP contribution in [0.25, 0.3) is 0 Å². The van der Waals surface area contributed by atoms with Gasteiger partial charge in [-0.1, -0.05) is 19.1 Å². The number of hydrogen-bond acceptors (Lipinski definition) is 4. The van der Waals surface area contributed by atoms with Crippen molar-refractivity contribution >= 4 is 0 Å². The van der Waals surface area contributed by atoms with Gasteiger partial charge in [-0.05, 0) is 18.6 Å². The van der Waals surface area contributed by atoms with Crippen molar-refractivity contribution in [3.63, 3.8) is 0 Å². The van der Waals surface area contributed by atoms with Crippen LogP contribution in [-0.2, 0) is 0 Å². The van der Waals surface area contributed by atoms with E-state index in [1.54, 1.807) is 0 Å². The minimum Gasteiger partial charge on any atom is -0.490 e. The summed E-state index contributed by atoms with van der Waals surface area (Å²) in [6.45, 7) is 3.13. The van der Waals surface area contributed by atoms with Crippen molar-refractivity contribution in [3.8, 4) is 17.6 Å². The topological polar surface area (TPSA) is 68.3 Å². The standard InChI is InChI=1S/C13H18N2O2/c1-2-8-16-12-5-3-4-6-13(12)17-9-7-11(15)10-14/h3-6,11H,2,7-9,15H2,1H3. The maximum atomic E-state index is 8.55. The summed E-state index contributed by atoms with van der Waals surface area (Å²) in [6.07, 6.45) is 1.46. The van der Waals surface area contributed by atoms with E-state index in [-0.39, 0.29) is 0 Å². The molecule has 0 aliphatic rings. The highest BCUT2D eigenvalue weighted by atomic mass is 16.5. The summed E-state index contributed by atoms with van der Waals surface area (Å²) in [5.41, 5.74) is 5.48. The monoisotopic (exact) mass is 234 g/mol. The fraction of sp³-hybridized carbons (Fsp3) is 0.462. The Bertz CT molecular complexity index is 374. The Labute approximate surface area is 102 Å². The van der Waals surface area contributed by atoms with E-state index in [0.717, 1.165) is 12.2 Å². The van der Waals surface area contributed by atoms with E-state index in [1.807, 2.05) is 30.3 Å². The van der Waals surface area contributed by atoms with Crippen molar-refractivity contribution in [3.05, 3.63) is 24.3 Å². The summed E-state index contributed by atoms with van der Waals surface area (Å²) in [6, 6.07) is 9.00. The smallest absolute Gasteiger partial charge is 0.161 e. The number of nitrogens with zero attached hydrogens (tertiary/aromatic N) is 1. The molecule has 0 spiro atoms. The van der Waals surface area contributed by atoms with Crippen molar-refractivity contribution in [2.75, 3.05) is 13.2 Å². The number of para-hydroxylation sites is 2. The van der Waals surface area contributed by atoms with E-state index in [4.69, 9.17) is 20.5 Å². The van der Waals surface area contributed by atoms with E-state index in [9.17, 15) is 0 Å². The first-order chi connectivity index (χ1) is 8.27. The van der Waals surface area contributed by atoms with Gasteiger partial charge in [-0.2, -0.15) is 5.26 Å². The summed E-state index contributed by atoms with van der Waals surface area (Å²) < 4.78 is 11.1. The lowest BCUT2D eigenvalue weighted by atomic mass is 10.2. The number of benzene rings is 1. The lowest BCUT2D eigenvalue weighted by molar-refractivity contribution is 0.263. The Kier molecular flexibility index (Phi) is 5.91. The highest BCUT2D eigenvalue weighted by molar-refractivity contribution is 5.39. The Morgan fingerprint density at radius 3 is 2.35 bits per heavy atom. The van der Waals surface area contributed by atoms with Gasteiger partial charge in [0.15, 0.2) is 11.5 Å². The van der Waals surface area contributed by atoms with Gasteiger partial charge in [0.25, 0.3) is 0 Å². The van der Waals surface area contributed by atoms with Crippen molar-refractivity contribution in [2.24, 2.45) is 5.73 Å². The fourth-order valence-corrected chi connectivity index (χ4v) is 1.26. The Hall–Kier alpha value is -1.73. The first-order valence-electron chi connectivity index (χ1n) is 5.77. The molecule has 0 aliphatic heterocycles. The van der Waals surface area contributed by atoms with Crippen molar-refractivity contribution in [2.45, 2.75) is 25.8 Å². The third kappa shape index (κ3) is 4.75. The van der Waals surface area contributed by atoms with Gasteiger partial charge in [-0.15, -0.1) is 0 Å². The minimum absolute atomic E-state index is 0.418. The van der Waals surface area contributed by atoms with E-state index in [0.29, 0.717) is 25.4 Å². The van der Waals surface area contributed by atoms with Crippen LogP contribution in [0.4, 0.5) is 0 Å². The van der Waals surface area contributed by atoms with Crippen LogP contribution in [0.1, 0.15) is 19.8 Å². The Morgan fingerprint density at radius 1 is 1.24 bits per heavy atom. The maximum Gasteiger partial charge on any atom is 0.161 e. The zero-order chi connectivity index (χ0) is 12.5. The van der Waals surface area contributed by atoms with Gasteiger partial charge in [-0.25, -0.2) is 0 Å². The molecule has 1 atom stereocenters. The number of nitriles is 1. The maximum absolute atomic E-state index is 8.55. The average molecular weight is 234 g/mol. The van der Waals surface area contributed by atoms with Crippen molar-refractivity contribution < 1.29 is 9.47 Å². The molecule has 4 nitrogen and oxygen atoms in total. The number of rotatable bonds is 7. The molecule has 0 heterocycles. The predicted molar refractivity (Wildman–Crippen MR) is 65.9 cm³/mol. The zero-order valence-corrected chi connectivity index (χ0v) is 10.1. The number of nitrogens with two attached hydrogens (primary N) is 1. The minimum atomic E-state index is -0.473. The fourth-order valence-electron chi connectivity index (χ4n) is 1.26. The van der Waals surface area contributed by atoms with Crippen LogP contribution in [0.2, 0.25) is 0 Å². The Balaban J connectivity index is 2.49. The first kappa shape index (κ1) is 13.3. The second-order valence-electron chi connectivity index (χ2n) is 3.67. The van der Waals surface area contributed by atoms with Crippen LogP contribution < -0.4 is 15.2 Å². The molecule has 1 rings (SSSR count). The van der Waals surface area contributed by atoms with Crippen LogP contribution in [0.5, 0.6) is 11.5 Å². The Morgan fingerprint density at radius 2 is 1.82 bits per heavy atom. The molecule has 1 aromatic carbocycles. The summed E-state index contributed by atoms with van der Waals surface area (Å²) in [7, 11) is 0. The van der Waals surface area contributed by atoms with Crippen LogP contribution in [0.3, 0.4) is 0 Å². The molecule has 0 aromatic heterocycles. The molecule has 1 unspecified atom stereocenters. The molecule has 0 saturated carbocycles.